The van der Waals surface area contributed by atoms with Crippen molar-refractivity contribution in [1.82, 2.24) is 10.6 Å². The van der Waals surface area contributed by atoms with Crippen molar-refractivity contribution in [2.24, 2.45) is 0 Å². The van der Waals surface area contributed by atoms with Crippen molar-refractivity contribution in [3.63, 3.8) is 0 Å². The Kier molecular flexibility index (Phi) is 7.95. The molecule has 1 atom stereocenters. The summed E-state index contributed by atoms with van der Waals surface area (Å²) in [6.07, 6.45) is 2.08. The number of halogens is 1. The molecular weight excluding hydrogens is 444 g/mol. The lowest BCUT2D eigenvalue weighted by Crippen LogP contribution is -2.48. The summed E-state index contributed by atoms with van der Waals surface area (Å²) in [7, 11) is 0. The first-order valence-electron chi connectivity index (χ1n) is 11.4. The molecule has 0 aromatic heterocycles. The highest BCUT2D eigenvalue weighted by Crippen LogP contribution is 2.16. The van der Waals surface area contributed by atoms with Gasteiger partial charge in [-0.1, -0.05) is 84.4 Å². The highest BCUT2D eigenvalue weighted by molar-refractivity contribution is 6.30. The Balaban J connectivity index is 1.43. The molecule has 0 bridgehead atoms. The largest absolute Gasteiger partial charge is 0.354 e. The van der Waals surface area contributed by atoms with Gasteiger partial charge in [-0.3, -0.25) is 9.59 Å². The number of rotatable bonds is 9. The Morgan fingerprint density at radius 2 is 1.47 bits per heavy atom. The molecular formula is C29H27ClN2O2. The van der Waals surface area contributed by atoms with E-state index in [9.17, 15) is 9.59 Å². The molecule has 172 valence electrons. The van der Waals surface area contributed by atoms with Crippen LogP contribution in [0.1, 0.15) is 27.9 Å². The highest BCUT2D eigenvalue weighted by atomic mass is 35.5. The molecule has 4 rings (SSSR count). The van der Waals surface area contributed by atoms with Crippen LogP contribution in [0.25, 0.3) is 10.8 Å². The Labute approximate surface area is 205 Å². The van der Waals surface area contributed by atoms with Crippen molar-refractivity contribution in [2.75, 3.05) is 6.54 Å². The van der Waals surface area contributed by atoms with Gasteiger partial charge in [0, 0.05) is 23.6 Å². The number of amides is 2. The van der Waals surface area contributed by atoms with Crippen LogP contribution in [0.15, 0.2) is 97.1 Å². The van der Waals surface area contributed by atoms with E-state index < -0.39 is 6.04 Å². The lowest BCUT2D eigenvalue weighted by Gasteiger charge is -2.19. The highest BCUT2D eigenvalue weighted by Gasteiger charge is 2.22. The van der Waals surface area contributed by atoms with E-state index in [1.165, 1.54) is 5.56 Å². The quantitative estimate of drug-likeness (QED) is 0.313. The maximum Gasteiger partial charge on any atom is 0.251 e. The topological polar surface area (TPSA) is 58.2 Å². The van der Waals surface area contributed by atoms with Crippen LogP contribution in [0.3, 0.4) is 0 Å². The summed E-state index contributed by atoms with van der Waals surface area (Å²) in [6, 6.07) is 30.2. The van der Waals surface area contributed by atoms with Gasteiger partial charge in [-0.25, -0.2) is 0 Å². The summed E-state index contributed by atoms with van der Waals surface area (Å²) < 4.78 is 0. The van der Waals surface area contributed by atoms with Crippen LogP contribution in [0.2, 0.25) is 5.02 Å². The number of nitrogens with one attached hydrogen (secondary N) is 2. The summed E-state index contributed by atoms with van der Waals surface area (Å²) in [4.78, 5) is 26.1. The van der Waals surface area contributed by atoms with Gasteiger partial charge in [0.2, 0.25) is 5.91 Å². The predicted molar refractivity (Wildman–Crippen MR) is 138 cm³/mol. The fourth-order valence-corrected chi connectivity index (χ4v) is 4.04. The minimum absolute atomic E-state index is 0.197. The molecule has 4 nitrogen and oxygen atoms in total. The second-order valence-corrected chi connectivity index (χ2v) is 8.74. The first-order chi connectivity index (χ1) is 16.6. The van der Waals surface area contributed by atoms with Crippen LogP contribution in [-0.4, -0.2) is 24.4 Å². The number of carbonyl (C=O) groups excluding carboxylic acids is 2. The lowest BCUT2D eigenvalue weighted by molar-refractivity contribution is -0.122. The van der Waals surface area contributed by atoms with Crippen molar-refractivity contribution in [2.45, 2.75) is 25.3 Å². The third kappa shape index (κ3) is 6.46. The van der Waals surface area contributed by atoms with Crippen LogP contribution in [0.5, 0.6) is 0 Å². The van der Waals surface area contributed by atoms with Crippen molar-refractivity contribution < 1.29 is 9.59 Å². The summed E-state index contributed by atoms with van der Waals surface area (Å²) in [5.41, 5.74) is 2.68. The van der Waals surface area contributed by atoms with Crippen LogP contribution in [-0.2, 0) is 17.6 Å². The molecule has 34 heavy (non-hydrogen) atoms. The van der Waals surface area contributed by atoms with Gasteiger partial charge in [0.15, 0.2) is 0 Å². The van der Waals surface area contributed by atoms with E-state index in [4.69, 9.17) is 11.6 Å². The van der Waals surface area contributed by atoms with Gasteiger partial charge in [0.05, 0.1) is 0 Å². The third-order valence-corrected chi connectivity index (χ3v) is 6.02. The number of aryl methyl sites for hydroxylation is 1. The number of benzene rings is 4. The van der Waals surface area contributed by atoms with Gasteiger partial charge in [0.1, 0.15) is 6.04 Å². The monoisotopic (exact) mass is 470 g/mol. The molecule has 0 fully saturated rings. The first kappa shape index (κ1) is 23.5. The van der Waals surface area contributed by atoms with Crippen molar-refractivity contribution >= 4 is 34.2 Å². The van der Waals surface area contributed by atoms with E-state index >= 15 is 0 Å². The minimum Gasteiger partial charge on any atom is -0.354 e. The van der Waals surface area contributed by atoms with Crippen molar-refractivity contribution in [3.8, 4) is 0 Å². The third-order valence-electron chi connectivity index (χ3n) is 5.77. The molecule has 0 saturated carbocycles. The molecule has 0 radical (unpaired) electrons. The Morgan fingerprint density at radius 3 is 2.24 bits per heavy atom. The summed E-state index contributed by atoms with van der Waals surface area (Å²) in [5.74, 6) is -0.471. The zero-order valence-electron chi connectivity index (χ0n) is 18.8. The van der Waals surface area contributed by atoms with Crippen molar-refractivity contribution in [3.05, 3.63) is 119 Å². The van der Waals surface area contributed by atoms with Gasteiger partial charge >= 0.3 is 0 Å². The summed E-state index contributed by atoms with van der Waals surface area (Å²) in [5, 5.41) is 8.60. The number of hydrogen-bond donors (Lipinski definition) is 2. The van der Waals surface area contributed by atoms with Crippen LogP contribution in [0, 0.1) is 0 Å². The molecule has 4 aromatic rings. The molecule has 0 unspecified atom stereocenters. The van der Waals surface area contributed by atoms with E-state index in [0.717, 1.165) is 29.2 Å². The predicted octanol–water partition coefficient (Wildman–Crippen LogP) is 5.58. The maximum absolute atomic E-state index is 13.1. The van der Waals surface area contributed by atoms with Crippen molar-refractivity contribution in [1.29, 1.82) is 0 Å². The molecule has 0 saturated heterocycles. The number of fused-ring (bicyclic) bond motifs is 1. The average molecular weight is 471 g/mol. The normalized spacial score (nSPS) is 11.7. The second-order valence-electron chi connectivity index (χ2n) is 8.30. The Bertz CT molecular complexity index is 1260. The molecule has 5 heteroatoms. The fourth-order valence-electron chi connectivity index (χ4n) is 3.91. The summed E-state index contributed by atoms with van der Waals surface area (Å²) >= 11 is 6.01. The molecule has 0 aliphatic rings. The van der Waals surface area contributed by atoms with Gasteiger partial charge in [-0.15, -0.1) is 0 Å². The zero-order valence-corrected chi connectivity index (χ0v) is 19.6. The van der Waals surface area contributed by atoms with Crippen LogP contribution >= 0.6 is 11.6 Å². The smallest absolute Gasteiger partial charge is 0.251 e. The fraction of sp³-hybridized carbons (Fsp3) is 0.172. The van der Waals surface area contributed by atoms with Gasteiger partial charge in [0.25, 0.3) is 5.91 Å². The molecule has 2 amide bonds. The number of hydrogen-bond acceptors (Lipinski definition) is 2. The molecule has 2 N–H and O–H groups in total. The van der Waals surface area contributed by atoms with Gasteiger partial charge in [-0.2, -0.15) is 0 Å². The van der Waals surface area contributed by atoms with Gasteiger partial charge in [-0.05, 0) is 59.0 Å². The summed E-state index contributed by atoms with van der Waals surface area (Å²) in [6.45, 7) is 0.538. The molecule has 0 spiro atoms. The van der Waals surface area contributed by atoms with Crippen LogP contribution in [0.4, 0.5) is 0 Å². The molecule has 4 aromatic carbocycles. The van der Waals surface area contributed by atoms with E-state index in [1.807, 2.05) is 66.7 Å². The van der Waals surface area contributed by atoms with E-state index in [1.54, 1.807) is 18.2 Å². The zero-order chi connectivity index (χ0) is 23.8. The van der Waals surface area contributed by atoms with E-state index in [-0.39, 0.29) is 11.8 Å². The SMILES string of the molecule is O=C(N[C@H](Cc1ccc(Cl)cc1)C(=O)NCCCc1ccccc1)c1ccc2ccccc2c1. The Hall–Kier alpha value is -3.63. The molecule has 0 aliphatic heterocycles. The van der Waals surface area contributed by atoms with Gasteiger partial charge < -0.3 is 10.6 Å². The minimum atomic E-state index is -0.697. The Morgan fingerprint density at radius 1 is 0.765 bits per heavy atom. The van der Waals surface area contributed by atoms with Crippen LogP contribution < -0.4 is 10.6 Å². The second kappa shape index (κ2) is 11.5. The standard InChI is InChI=1S/C29H27ClN2O2/c30-26-16-12-22(13-17-26)19-27(29(34)31-18-6-9-21-7-2-1-3-8-21)32-28(33)25-15-14-23-10-4-5-11-24(23)20-25/h1-5,7-8,10-17,20,27H,6,9,18-19H2,(H,31,34)(H,32,33)/t27-/m1/s1. The van der Waals surface area contributed by atoms with E-state index in [2.05, 4.69) is 22.8 Å². The lowest BCUT2D eigenvalue weighted by atomic mass is 10.0. The molecule has 0 heterocycles. The molecule has 0 aliphatic carbocycles. The maximum atomic E-state index is 13.1. The number of carbonyl (C=O) groups is 2. The van der Waals surface area contributed by atoms with E-state index in [0.29, 0.717) is 23.6 Å². The average Bonchev–Trinajstić information content (AvgIpc) is 2.87. The first-order valence-corrected chi connectivity index (χ1v) is 11.8.